The largest absolute Gasteiger partial charge is 0.328 e. The molecule has 2 N–H and O–H groups in total. The van der Waals surface area contributed by atoms with Gasteiger partial charge in [0.1, 0.15) is 0 Å². The molecule has 2 rings (SSSR count). The van der Waals surface area contributed by atoms with Gasteiger partial charge in [0.15, 0.2) is 0 Å². The topological polar surface area (TPSA) is 29.3 Å². The van der Waals surface area contributed by atoms with Gasteiger partial charge in [-0.3, -0.25) is 4.90 Å². The van der Waals surface area contributed by atoms with E-state index in [0.29, 0.717) is 18.0 Å². The highest BCUT2D eigenvalue weighted by atomic mass is 15.2. The molecule has 0 aliphatic carbocycles. The number of likely N-dealkylation sites (tertiary alicyclic amines) is 1. The smallest absolute Gasteiger partial charge is 0.0320 e. The number of nitrogens with two attached hydrogens (primary N) is 1. The fraction of sp³-hybridized carbons (Fsp3) is 0.571. The molecule has 1 aromatic rings. The Bertz CT molecular complexity index is 321. The van der Waals surface area contributed by atoms with Gasteiger partial charge in [-0.1, -0.05) is 30.3 Å². The molecule has 3 atom stereocenters. The summed E-state index contributed by atoms with van der Waals surface area (Å²) in [5.41, 5.74) is 7.38. The van der Waals surface area contributed by atoms with E-state index in [1.54, 1.807) is 0 Å². The number of benzene rings is 1. The molecule has 0 amide bonds. The molecule has 88 valence electrons. The highest BCUT2D eigenvalue weighted by molar-refractivity contribution is 5.18. The van der Waals surface area contributed by atoms with Crippen molar-refractivity contribution in [2.45, 2.75) is 32.4 Å². The molecule has 0 saturated carbocycles. The highest BCUT2D eigenvalue weighted by Gasteiger charge is 2.28. The monoisotopic (exact) mass is 218 g/mol. The van der Waals surface area contributed by atoms with Crippen molar-refractivity contribution in [1.82, 2.24) is 4.90 Å². The normalized spacial score (nSPS) is 25.6. The lowest BCUT2D eigenvalue weighted by Crippen LogP contribution is -2.30. The first-order chi connectivity index (χ1) is 7.68. The molecule has 2 heteroatoms. The van der Waals surface area contributed by atoms with Crippen LogP contribution in [0.15, 0.2) is 30.3 Å². The van der Waals surface area contributed by atoms with E-state index < -0.39 is 0 Å². The van der Waals surface area contributed by atoms with Crippen LogP contribution in [0.25, 0.3) is 0 Å². The Labute approximate surface area is 98.4 Å². The molecule has 2 nitrogen and oxygen atoms in total. The molecule has 0 spiro atoms. The van der Waals surface area contributed by atoms with Crippen LogP contribution in [-0.2, 0) is 0 Å². The zero-order chi connectivity index (χ0) is 11.5. The predicted molar refractivity (Wildman–Crippen MR) is 68.2 cm³/mol. The Morgan fingerprint density at radius 2 is 1.94 bits per heavy atom. The third kappa shape index (κ3) is 2.45. The SMILES string of the molecule is C[C@H](N)[C@H]1CCN([C@@H](C)c2ccccc2)C1. The van der Waals surface area contributed by atoms with E-state index in [1.165, 1.54) is 18.5 Å². The molecule has 1 aliphatic rings. The zero-order valence-corrected chi connectivity index (χ0v) is 10.3. The van der Waals surface area contributed by atoms with Crippen molar-refractivity contribution in [3.05, 3.63) is 35.9 Å². The quantitative estimate of drug-likeness (QED) is 0.844. The Kier molecular flexibility index (Phi) is 3.62. The Hall–Kier alpha value is -0.860. The first-order valence-electron chi connectivity index (χ1n) is 6.23. The van der Waals surface area contributed by atoms with Gasteiger partial charge < -0.3 is 5.73 Å². The summed E-state index contributed by atoms with van der Waals surface area (Å²) >= 11 is 0. The summed E-state index contributed by atoms with van der Waals surface area (Å²) in [4.78, 5) is 2.54. The average molecular weight is 218 g/mol. The second-order valence-electron chi connectivity index (χ2n) is 4.99. The minimum Gasteiger partial charge on any atom is -0.328 e. The summed E-state index contributed by atoms with van der Waals surface area (Å²) in [6.07, 6.45) is 1.24. The van der Waals surface area contributed by atoms with Crippen molar-refractivity contribution in [1.29, 1.82) is 0 Å². The Morgan fingerprint density at radius 1 is 1.25 bits per heavy atom. The Morgan fingerprint density at radius 3 is 2.50 bits per heavy atom. The molecule has 0 bridgehead atoms. The van der Waals surface area contributed by atoms with Crippen molar-refractivity contribution in [3.8, 4) is 0 Å². The van der Waals surface area contributed by atoms with Crippen molar-refractivity contribution in [3.63, 3.8) is 0 Å². The minimum atomic E-state index is 0.327. The van der Waals surface area contributed by atoms with E-state index >= 15 is 0 Å². The van der Waals surface area contributed by atoms with Gasteiger partial charge >= 0.3 is 0 Å². The van der Waals surface area contributed by atoms with Crippen LogP contribution < -0.4 is 5.73 Å². The maximum Gasteiger partial charge on any atom is 0.0320 e. The van der Waals surface area contributed by atoms with Gasteiger partial charge in [-0.05, 0) is 38.3 Å². The zero-order valence-electron chi connectivity index (χ0n) is 10.3. The summed E-state index contributed by atoms with van der Waals surface area (Å²) in [6, 6.07) is 11.6. The van der Waals surface area contributed by atoms with Crippen LogP contribution in [0, 0.1) is 5.92 Å². The van der Waals surface area contributed by atoms with Crippen molar-refractivity contribution in [2.75, 3.05) is 13.1 Å². The van der Waals surface area contributed by atoms with Crippen LogP contribution in [0.2, 0.25) is 0 Å². The fourth-order valence-corrected chi connectivity index (χ4v) is 2.54. The molecular formula is C14H22N2. The van der Waals surface area contributed by atoms with Crippen LogP contribution in [0.3, 0.4) is 0 Å². The highest BCUT2D eigenvalue weighted by Crippen LogP contribution is 2.28. The van der Waals surface area contributed by atoms with E-state index in [4.69, 9.17) is 5.73 Å². The van der Waals surface area contributed by atoms with E-state index in [9.17, 15) is 0 Å². The molecule has 0 unspecified atom stereocenters. The Balaban J connectivity index is 2.00. The van der Waals surface area contributed by atoms with Crippen LogP contribution in [0.5, 0.6) is 0 Å². The number of rotatable bonds is 3. The molecular weight excluding hydrogens is 196 g/mol. The number of hydrogen-bond acceptors (Lipinski definition) is 2. The summed E-state index contributed by atoms with van der Waals surface area (Å²) < 4.78 is 0. The van der Waals surface area contributed by atoms with Crippen molar-refractivity contribution >= 4 is 0 Å². The third-order valence-corrected chi connectivity index (χ3v) is 3.83. The van der Waals surface area contributed by atoms with Gasteiger partial charge in [0.25, 0.3) is 0 Å². The number of hydrogen-bond donors (Lipinski definition) is 1. The standard InChI is InChI=1S/C14H22N2/c1-11(15)14-8-9-16(10-14)12(2)13-6-4-3-5-7-13/h3-7,11-12,14H,8-10,15H2,1-2H3/t11-,12-,14-/m0/s1. The van der Waals surface area contributed by atoms with E-state index in [0.717, 1.165) is 6.54 Å². The second kappa shape index (κ2) is 4.98. The molecule has 16 heavy (non-hydrogen) atoms. The number of nitrogens with zero attached hydrogens (tertiary/aromatic N) is 1. The molecule has 1 aliphatic heterocycles. The maximum atomic E-state index is 5.97. The van der Waals surface area contributed by atoms with Gasteiger partial charge in [-0.25, -0.2) is 0 Å². The lowest BCUT2D eigenvalue weighted by atomic mass is 10.0. The predicted octanol–water partition coefficient (Wildman–Crippen LogP) is 2.42. The van der Waals surface area contributed by atoms with Gasteiger partial charge in [0, 0.05) is 18.6 Å². The summed E-state index contributed by atoms with van der Waals surface area (Å²) in [5, 5.41) is 0. The molecule has 1 aromatic carbocycles. The van der Waals surface area contributed by atoms with Gasteiger partial charge in [0.2, 0.25) is 0 Å². The second-order valence-corrected chi connectivity index (χ2v) is 4.99. The van der Waals surface area contributed by atoms with Crippen LogP contribution >= 0.6 is 0 Å². The lowest BCUT2D eigenvalue weighted by molar-refractivity contribution is 0.248. The maximum absolute atomic E-state index is 5.97. The first-order valence-corrected chi connectivity index (χ1v) is 6.23. The molecule has 0 radical (unpaired) electrons. The van der Waals surface area contributed by atoms with E-state index in [1.807, 2.05) is 0 Å². The first kappa shape index (κ1) is 11.6. The van der Waals surface area contributed by atoms with Crippen molar-refractivity contribution < 1.29 is 0 Å². The van der Waals surface area contributed by atoms with Crippen LogP contribution in [-0.4, -0.2) is 24.0 Å². The van der Waals surface area contributed by atoms with E-state index in [-0.39, 0.29) is 0 Å². The van der Waals surface area contributed by atoms with Gasteiger partial charge in [0.05, 0.1) is 0 Å². The average Bonchev–Trinajstić information content (AvgIpc) is 2.78. The van der Waals surface area contributed by atoms with Gasteiger partial charge in [-0.15, -0.1) is 0 Å². The third-order valence-electron chi connectivity index (χ3n) is 3.83. The fourth-order valence-electron chi connectivity index (χ4n) is 2.54. The van der Waals surface area contributed by atoms with Crippen molar-refractivity contribution in [2.24, 2.45) is 11.7 Å². The molecule has 0 aromatic heterocycles. The van der Waals surface area contributed by atoms with Gasteiger partial charge in [-0.2, -0.15) is 0 Å². The molecule has 1 saturated heterocycles. The minimum absolute atomic E-state index is 0.327. The summed E-state index contributed by atoms with van der Waals surface area (Å²) in [7, 11) is 0. The summed E-state index contributed by atoms with van der Waals surface area (Å²) in [6.45, 7) is 6.75. The van der Waals surface area contributed by atoms with Crippen LogP contribution in [0.4, 0.5) is 0 Å². The molecule has 1 fully saturated rings. The lowest BCUT2D eigenvalue weighted by Gasteiger charge is -2.25. The van der Waals surface area contributed by atoms with Crippen LogP contribution in [0.1, 0.15) is 31.9 Å². The molecule has 1 heterocycles. The van der Waals surface area contributed by atoms with E-state index in [2.05, 4.69) is 49.1 Å². The summed E-state index contributed by atoms with van der Waals surface area (Å²) in [5.74, 6) is 0.672.